The summed E-state index contributed by atoms with van der Waals surface area (Å²) in [6, 6.07) is 0. The van der Waals surface area contributed by atoms with E-state index in [1.54, 1.807) is 6.92 Å². The average molecular weight is 242 g/mol. The van der Waals surface area contributed by atoms with Crippen molar-refractivity contribution in [3.63, 3.8) is 0 Å². The lowest BCUT2D eigenvalue weighted by Gasteiger charge is -2.39. The lowest BCUT2D eigenvalue weighted by molar-refractivity contribution is -0.143. The van der Waals surface area contributed by atoms with Crippen LogP contribution < -0.4 is 11.1 Å². The van der Waals surface area contributed by atoms with Crippen LogP contribution in [0.1, 0.15) is 39.0 Å². The van der Waals surface area contributed by atoms with Crippen LogP contribution in [0.3, 0.4) is 0 Å². The van der Waals surface area contributed by atoms with Crippen molar-refractivity contribution in [2.45, 2.75) is 39.0 Å². The van der Waals surface area contributed by atoms with Gasteiger partial charge < -0.3 is 15.8 Å². The van der Waals surface area contributed by atoms with E-state index in [9.17, 15) is 9.59 Å². The Balaban J connectivity index is 2.14. The molecule has 0 spiro atoms. The smallest absolute Gasteiger partial charge is 0.305 e. The van der Waals surface area contributed by atoms with Gasteiger partial charge in [0, 0.05) is 19.5 Å². The molecule has 0 unspecified atom stereocenters. The van der Waals surface area contributed by atoms with E-state index >= 15 is 0 Å². The lowest BCUT2D eigenvalue weighted by atomic mass is 9.68. The number of amides is 1. The number of carbonyl (C=O) groups excluding carboxylic acids is 2. The molecule has 1 fully saturated rings. The minimum Gasteiger partial charge on any atom is -0.466 e. The molecule has 1 rings (SSSR count). The van der Waals surface area contributed by atoms with Crippen molar-refractivity contribution < 1.29 is 14.3 Å². The molecular formula is C12H22N2O3. The van der Waals surface area contributed by atoms with Crippen LogP contribution in [0.2, 0.25) is 0 Å². The minimum absolute atomic E-state index is 0.0371. The minimum atomic E-state index is -0.329. The SMILES string of the molecule is CCOC(=O)CCCNC(=O)C1(CN)CCC1. The molecule has 0 aromatic carbocycles. The van der Waals surface area contributed by atoms with Crippen molar-refractivity contribution in [2.24, 2.45) is 11.1 Å². The van der Waals surface area contributed by atoms with Crippen LogP contribution in [0.15, 0.2) is 0 Å². The van der Waals surface area contributed by atoms with Gasteiger partial charge in [-0.25, -0.2) is 0 Å². The van der Waals surface area contributed by atoms with Gasteiger partial charge in [0.25, 0.3) is 0 Å². The summed E-state index contributed by atoms with van der Waals surface area (Å²) >= 11 is 0. The quantitative estimate of drug-likeness (QED) is 0.505. The molecule has 0 aliphatic heterocycles. The highest BCUT2D eigenvalue weighted by Crippen LogP contribution is 2.39. The van der Waals surface area contributed by atoms with Gasteiger partial charge >= 0.3 is 5.97 Å². The Kier molecular flexibility index (Phi) is 5.41. The van der Waals surface area contributed by atoms with Crippen LogP contribution in [0.5, 0.6) is 0 Å². The Hall–Kier alpha value is -1.10. The van der Waals surface area contributed by atoms with Crippen LogP contribution in [0.4, 0.5) is 0 Å². The predicted molar refractivity (Wildman–Crippen MR) is 64.2 cm³/mol. The maximum absolute atomic E-state index is 11.8. The van der Waals surface area contributed by atoms with Crippen LogP contribution in [-0.4, -0.2) is 31.6 Å². The molecule has 1 aliphatic carbocycles. The second-order valence-corrected chi connectivity index (χ2v) is 4.50. The summed E-state index contributed by atoms with van der Waals surface area (Å²) in [7, 11) is 0. The van der Waals surface area contributed by atoms with Crippen LogP contribution >= 0.6 is 0 Å². The van der Waals surface area contributed by atoms with E-state index in [4.69, 9.17) is 10.5 Å². The standard InChI is InChI=1S/C12H22N2O3/c1-2-17-10(15)5-3-8-14-11(16)12(9-13)6-4-7-12/h2-9,13H2,1H3,(H,14,16). The number of nitrogens with one attached hydrogen (secondary N) is 1. The number of rotatable bonds is 7. The van der Waals surface area contributed by atoms with Gasteiger partial charge in [-0.15, -0.1) is 0 Å². The van der Waals surface area contributed by atoms with E-state index in [2.05, 4.69) is 5.32 Å². The topological polar surface area (TPSA) is 81.4 Å². The summed E-state index contributed by atoms with van der Waals surface area (Å²) in [6.45, 7) is 3.11. The molecule has 0 radical (unpaired) electrons. The zero-order valence-electron chi connectivity index (χ0n) is 10.5. The number of hydrogen-bond donors (Lipinski definition) is 2. The number of esters is 1. The molecule has 0 bridgehead atoms. The molecule has 0 aromatic rings. The van der Waals surface area contributed by atoms with Gasteiger partial charge in [-0.2, -0.15) is 0 Å². The first kappa shape index (κ1) is 14.0. The van der Waals surface area contributed by atoms with E-state index in [0.717, 1.165) is 19.3 Å². The number of nitrogens with two attached hydrogens (primary N) is 1. The Labute approximate surface area is 102 Å². The van der Waals surface area contributed by atoms with Gasteiger partial charge in [0.1, 0.15) is 0 Å². The molecule has 1 aliphatic rings. The number of hydrogen-bond acceptors (Lipinski definition) is 4. The number of ether oxygens (including phenoxy) is 1. The second kappa shape index (κ2) is 6.59. The van der Waals surface area contributed by atoms with Crippen molar-refractivity contribution in [3.8, 4) is 0 Å². The molecule has 17 heavy (non-hydrogen) atoms. The predicted octanol–water partition coefficient (Wildman–Crippen LogP) is 0.575. The highest BCUT2D eigenvalue weighted by atomic mass is 16.5. The molecular weight excluding hydrogens is 220 g/mol. The van der Waals surface area contributed by atoms with Gasteiger partial charge in [0.15, 0.2) is 0 Å². The number of carbonyl (C=O) groups is 2. The molecule has 1 amide bonds. The molecule has 5 heteroatoms. The van der Waals surface area contributed by atoms with E-state index in [1.165, 1.54) is 0 Å². The highest BCUT2D eigenvalue weighted by Gasteiger charge is 2.42. The Morgan fingerprint density at radius 3 is 2.59 bits per heavy atom. The maximum atomic E-state index is 11.8. The molecule has 3 N–H and O–H groups in total. The van der Waals surface area contributed by atoms with Gasteiger partial charge in [0.05, 0.1) is 12.0 Å². The van der Waals surface area contributed by atoms with Crippen LogP contribution in [0, 0.1) is 5.41 Å². The molecule has 1 saturated carbocycles. The third-order valence-electron chi connectivity index (χ3n) is 3.33. The molecule has 0 aromatic heterocycles. The summed E-state index contributed by atoms with van der Waals surface area (Å²) in [5, 5.41) is 2.85. The third kappa shape index (κ3) is 3.70. The van der Waals surface area contributed by atoms with Crippen molar-refractivity contribution in [1.29, 1.82) is 0 Å². The Bertz CT molecular complexity index is 269. The molecule has 0 heterocycles. The van der Waals surface area contributed by atoms with Crippen molar-refractivity contribution in [1.82, 2.24) is 5.32 Å². The Morgan fingerprint density at radius 1 is 1.41 bits per heavy atom. The molecule has 0 atom stereocenters. The summed E-state index contributed by atoms with van der Waals surface area (Å²) in [4.78, 5) is 22.9. The third-order valence-corrected chi connectivity index (χ3v) is 3.33. The van der Waals surface area contributed by atoms with E-state index in [0.29, 0.717) is 32.5 Å². The van der Waals surface area contributed by atoms with E-state index in [1.807, 2.05) is 0 Å². The van der Waals surface area contributed by atoms with Gasteiger partial charge in [-0.05, 0) is 26.2 Å². The monoisotopic (exact) mass is 242 g/mol. The first-order chi connectivity index (χ1) is 8.14. The highest BCUT2D eigenvalue weighted by molar-refractivity contribution is 5.83. The summed E-state index contributed by atoms with van der Waals surface area (Å²) in [5.74, 6) is -0.172. The summed E-state index contributed by atoms with van der Waals surface area (Å²) < 4.78 is 4.80. The lowest BCUT2D eigenvalue weighted by Crippen LogP contribution is -2.50. The van der Waals surface area contributed by atoms with Crippen molar-refractivity contribution in [3.05, 3.63) is 0 Å². The first-order valence-corrected chi connectivity index (χ1v) is 6.28. The first-order valence-electron chi connectivity index (χ1n) is 6.28. The van der Waals surface area contributed by atoms with Gasteiger partial charge in [-0.1, -0.05) is 6.42 Å². The largest absolute Gasteiger partial charge is 0.466 e. The fraction of sp³-hybridized carbons (Fsp3) is 0.833. The summed E-state index contributed by atoms with van der Waals surface area (Å²) in [5.41, 5.74) is 5.30. The average Bonchev–Trinajstić information content (AvgIpc) is 2.24. The molecule has 0 saturated heterocycles. The fourth-order valence-corrected chi connectivity index (χ4v) is 1.98. The maximum Gasteiger partial charge on any atom is 0.305 e. The van der Waals surface area contributed by atoms with Crippen molar-refractivity contribution in [2.75, 3.05) is 19.7 Å². The van der Waals surface area contributed by atoms with Crippen LogP contribution in [-0.2, 0) is 14.3 Å². The van der Waals surface area contributed by atoms with Gasteiger partial charge in [0.2, 0.25) is 5.91 Å². The summed E-state index contributed by atoms with van der Waals surface area (Å²) in [6.07, 6.45) is 3.81. The van der Waals surface area contributed by atoms with E-state index < -0.39 is 0 Å². The van der Waals surface area contributed by atoms with Gasteiger partial charge in [-0.3, -0.25) is 9.59 Å². The zero-order chi connectivity index (χ0) is 12.7. The Morgan fingerprint density at radius 2 is 2.12 bits per heavy atom. The zero-order valence-corrected chi connectivity index (χ0v) is 10.5. The van der Waals surface area contributed by atoms with Crippen LogP contribution in [0.25, 0.3) is 0 Å². The normalized spacial score (nSPS) is 17.1. The second-order valence-electron chi connectivity index (χ2n) is 4.50. The van der Waals surface area contributed by atoms with Crippen molar-refractivity contribution >= 4 is 11.9 Å². The fourth-order valence-electron chi connectivity index (χ4n) is 1.98. The molecule has 98 valence electrons. The molecule has 5 nitrogen and oxygen atoms in total. The van der Waals surface area contributed by atoms with E-state index in [-0.39, 0.29) is 17.3 Å².